The van der Waals surface area contributed by atoms with Gasteiger partial charge in [0.15, 0.2) is 0 Å². The normalized spacial score (nSPS) is 14.3. The lowest BCUT2D eigenvalue weighted by Crippen LogP contribution is -2.24. The van der Waals surface area contributed by atoms with E-state index in [1.807, 2.05) is 6.26 Å². The van der Waals surface area contributed by atoms with Crippen LogP contribution in [0.4, 0.5) is 4.39 Å². The van der Waals surface area contributed by atoms with Crippen molar-refractivity contribution in [3.63, 3.8) is 0 Å². The quantitative estimate of drug-likeness (QED) is 0.568. The van der Waals surface area contributed by atoms with Crippen LogP contribution in [0.2, 0.25) is 0 Å². The number of hydrogen-bond acceptors (Lipinski definition) is 5. The Hall–Kier alpha value is -1.72. The standard InChI is InChI=1S/C8H6FN5S/c1-15-8-13-11-7(12-14-8)5-2-3-6(9)10-4-5/h2-4H,1H3/p+1. The third-order valence-corrected chi connectivity index (χ3v) is 2.21. The fourth-order valence-electron chi connectivity index (χ4n) is 0.963. The van der Waals surface area contributed by atoms with Crippen LogP contribution >= 0.6 is 11.8 Å². The summed E-state index contributed by atoms with van der Waals surface area (Å²) in [4.78, 5) is 7.41. The molecular formula is C8H7FN5S+. The van der Waals surface area contributed by atoms with Crippen molar-refractivity contribution in [2.45, 2.75) is 0 Å². The minimum Gasteiger partial charge on any atom is -0.227 e. The first kappa shape index (κ1) is 9.82. The molecule has 0 amide bonds. The van der Waals surface area contributed by atoms with E-state index < -0.39 is 5.95 Å². The van der Waals surface area contributed by atoms with Gasteiger partial charge in [-0.25, -0.2) is 4.98 Å². The zero-order valence-electron chi connectivity index (χ0n) is 7.81. The van der Waals surface area contributed by atoms with Gasteiger partial charge in [0, 0.05) is 11.3 Å². The number of nitrogens with zero attached hydrogens (tertiary/aromatic N) is 4. The van der Waals surface area contributed by atoms with Crippen molar-refractivity contribution in [2.24, 2.45) is 10.2 Å². The van der Waals surface area contributed by atoms with Crippen LogP contribution in [0.25, 0.3) is 0 Å². The van der Waals surface area contributed by atoms with Gasteiger partial charge in [0.1, 0.15) is 5.56 Å². The minimum atomic E-state index is -0.527. The smallest absolute Gasteiger partial charge is 0.227 e. The topological polar surface area (TPSA) is 63.7 Å². The highest BCUT2D eigenvalue weighted by Crippen LogP contribution is 2.03. The van der Waals surface area contributed by atoms with Crippen LogP contribution in [0, 0.1) is 5.95 Å². The molecule has 15 heavy (non-hydrogen) atoms. The number of thioether (sulfide) groups is 1. The molecule has 0 aliphatic carbocycles. The highest BCUT2D eigenvalue weighted by atomic mass is 32.2. The van der Waals surface area contributed by atoms with Crippen molar-refractivity contribution in [3.8, 4) is 0 Å². The maximum Gasteiger partial charge on any atom is 0.433 e. The van der Waals surface area contributed by atoms with E-state index in [0.29, 0.717) is 16.6 Å². The molecule has 0 unspecified atom stereocenters. The van der Waals surface area contributed by atoms with Gasteiger partial charge in [-0.05, 0) is 18.4 Å². The summed E-state index contributed by atoms with van der Waals surface area (Å²) >= 11 is 1.38. The van der Waals surface area contributed by atoms with Crippen molar-refractivity contribution in [1.82, 2.24) is 10.4 Å². The summed E-state index contributed by atoms with van der Waals surface area (Å²) in [6.07, 6.45) is 3.22. The van der Waals surface area contributed by atoms with E-state index in [-0.39, 0.29) is 0 Å². The molecule has 0 atom stereocenters. The van der Waals surface area contributed by atoms with Gasteiger partial charge in [0.2, 0.25) is 5.95 Å². The van der Waals surface area contributed by atoms with Gasteiger partial charge in [0.05, 0.1) is 0 Å². The summed E-state index contributed by atoms with van der Waals surface area (Å²) in [6.45, 7) is 0. The molecule has 0 spiro atoms. The van der Waals surface area contributed by atoms with Crippen LogP contribution in [0.15, 0.2) is 28.5 Å². The molecule has 5 nitrogen and oxygen atoms in total. The predicted octanol–water partition coefficient (Wildman–Crippen LogP) is 0.865. The number of hydrogen-bond donors (Lipinski definition) is 1. The van der Waals surface area contributed by atoms with E-state index in [4.69, 9.17) is 0 Å². The Morgan fingerprint density at radius 2 is 2.33 bits per heavy atom. The summed E-state index contributed by atoms with van der Waals surface area (Å²) in [5, 5.41) is 8.33. The van der Waals surface area contributed by atoms with Crippen molar-refractivity contribution < 1.29 is 9.18 Å². The average molecular weight is 224 g/mol. The molecule has 0 saturated heterocycles. The lowest BCUT2D eigenvalue weighted by molar-refractivity contribution is -0.0789. The van der Waals surface area contributed by atoms with E-state index in [2.05, 4.69) is 25.4 Å². The number of aromatic nitrogens is 1. The fraction of sp³-hybridized carbons (Fsp3) is 0.125. The zero-order chi connectivity index (χ0) is 10.7. The average Bonchev–Trinajstić information content (AvgIpc) is 2.30. The molecule has 1 aliphatic heterocycles. The summed E-state index contributed by atoms with van der Waals surface area (Å²) in [6, 6.07) is 2.82. The highest BCUT2D eigenvalue weighted by molar-refractivity contribution is 8.13. The van der Waals surface area contributed by atoms with Gasteiger partial charge >= 0.3 is 5.84 Å². The number of nitrogens with one attached hydrogen (secondary N) is 1. The van der Waals surface area contributed by atoms with Gasteiger partial charge in [-0.3, -0.25) is 0 Å². The largest absolute Gasteiger partial charge is 0.433 e. The van der Waals surface area contributed by atoms with E-state index in [1.165, 1.54) is 24.0 Å². The molecule has 1 aromatic heterocycles. The number of halogens is 1. The van der Waals surface area contributed by atoms with Crippen LogP contribution in [0.1, 0.15) is 5.56 Å². The summed E-state index contributed by atoms with van der Waals surface area (Å²) in [5.74, 6) is -0.0688. The Kier molecular flexibility index (Phi) is 2.75. The molecule has 7 heteroatoms. The maximum absolute atomic E-state index is 12.5. The molecule has 2 rings (SSSR count). The third-order valence-electron chi connectivity index (χ3n) is 1.68. The molecule has 0 saturated carbocycles. The first-order chi connectivity index (χ1) is 7.29. The maximum atomic E-state index is 12.5. The lowest BCUT2D eigenvalue weighted by Gasteiger charge is -1.95. The van der Waals surface area contributed by atoms with Crippen LogP contribution in [-0.2, 0) is 0 Å². The highest BCUT2D eigenvalue weighted by Gasteiger charge is 2.18. The number of rotatable bonds is 1. The van der Waals surface area contributed by atoms with Gasteiger partial charge in [-0.2, -0.15) is 4.39 Å². The molecular weight excluding hydrogens is 217 g/mol. The third kappa shape index (κ3) is 2.20. The number of pyridine rings is 1. The second-order valence-electron chi connectivity index (χ2n) is 2.63. The van der Waals surface area contributed by atoms with Crippen molar-refractivity contribution in [2.75, 3.05) is 6.26 Å². The Balaban J connectivity index is 2.28. The van der Waals surface area contributed by atoms with Crippen molar-refractivity contribution in [1.29, 1.82) is 0 Å². The molecule has 0 aromatic carbocycles. The molecule has 0 bridgehead atoms. The van der Waals surface area contributed by atoms with Gasteiger partial charge in [-0.15, -0.1) is 5.43 Å². The number of amidine groups is 2. The SMILES string of the molecule is CSC1=NNC(c2ccc(F)nc2)=[N+]=N1. The Morgan fingerprint density at radius 3 is 2.87 bits per heavy atom. The first-order valence-electron chi connectivity index (χ1n) is 4.08. The first-order valence-corrected chi connectivity index (χ1v) is 5.30. The molecule has 1 aliphatic rings. The molecule has 2 heterocycles. The molecule has 1 aromatic rings. The van der Waals surface area contributed by atoms with Gasteiger partial charge in [0.25, 0.3) is 5.17 Å². The van der Waals surface area contributed by atoms with Gasteiger partial charge in [-0.1, -0.05) is 21.7 Å². The van der Waals surface area contributed by atoms with Crippen molar-refractivity contribution >= 4 is 22.8 Å². The van der Waals surface area contributed by atoms with Gasteiger partial charge < -0.3 is 0 Å². The summed E-state index contributed by atoms with van der Waals surface area (Å²) < 4.78 is 12.5. The molecule has 1 N–H and O–H groups in total. The Bertz CT molecular complexity index is 460. The van der Waals surface area contributed by atoms with Crippen LogP contribution in [0.3, 0.4) is 0 Å². The van der Waals surface area contributed by atoms with E-state index in [1.54, 1.807) is 6.07 Å². The summed E-state index contributed by atoms with van der Waals surface area (Å²) in [7, 11) is 0. The Morgan fingerprint density at radius 1 is 1.47 bits per heavy atom. The van der Waals surface area contributed by atoms with Crippen molar-refractivity contribution in [3.05, 3.63) is 29.8 Å². The predicted molar refractivity (Wildman–Crippen MR) is 55.1 cm³/mol. The second-order valence-corrected chi connectivity index (χ2v) is 3.40. The van der Waals surface area contributed by atoms with Crippen LogP contribution in [0.5, 0.6) is 0 Å². The van der Waals surface area contributed by atoms with E-state index in [0.717, 1.165) is 0 Å². The Labute approximate surface area is 89.2 Å². The second kappa shape index (κ2) is 4.20. The van der Waals surface area contributed by atoms with Crippen LogP contribution < -0.4 is 5.43 Å². The fourth-order valence-corrected chi connectivity index (χ4v) is 1.22. The molecule has 0 fully saturated rings. The van der Waals surface area contributed by atoms with E-state index in [9.17, 15) is 4.39 Å². The summed E-state index contributed by atoms with van der Waals surface area (Å²) in [5.41, 5.74) is 3.36. The molecule has 76 valence electrons. The monoisotopic (exact) mass is 224 g/mol. The number of hydrazone groups is 1. The lowest BCUT2D eigenvalue weighted by atomic mass is 10.3. The zero-order valence-corrected chi connectivity index (χ0v) is 8.62. The van der Waals surface area contributed by atoms with E-state index >= 15 is 0 Å². The molecule has 0 radical (unpaired) electrons. The minimum absolute atomic E-state index is 0.459. The van der Waals surface area contributed by atoms with Crippen LogP contribution in [-0.4, -0.2) is 27.0 Å².